The zero-order valence-electron chi connectivity index (χ0n) is 19.1. The monoisotopic (exact) mass is 502 g/mol. The van der Waals surface area contributed by atoms with E-state index in [1.165, 1.54) is 62.0 Å². The minimum atomic E-state index is -4.04. The number of aryl methyl sites for hydroxylation is 2. The highest BCUT2D eigenvalue weighted by atomic mass is 32.2. The second-order valence-corrected chi connectivity index (χ2v) is 9.97. The van der Waals surface area contributed by atoms with Crippen LogP contribution in [0.25, 0.3) is 0 Å². The van der Waals surface area contributed by atoms with Crippen molar-refractivity contribution in [3.63, 3.8) is 0 Å². The molecular weight excluding hydrogens is 479 g/mol. The van der Waals surface area contributed by atoms with E-state index in [9.17, 15) is 27.5 Å². The lowest BCUT2D eigenvalue weighted by atomic mass is 10.1. The summed E-state index contributed by atoms with van der Waals surface area (Å²) in [6.45, 7) is 3.03. The predicted molar refractivity (Wildman–Crippen MR) is 124 cm³/mol. The first kappa shape index (κ1) is 24.4. The molecule has 1 aliphatic carbocycles. The minimum Gasteiger partial charge on any atom is -0.476 e. The van der Waals surface area contributed by atoms with Gasteiger partial charge in [-0.15, -0.1) is 0 Å². The van der Waals surface area contributed by atoms with Crippen LogP contribution < -0.4 is 14.8 Å². The lowest BCUT2D eigenvalue weighted by Crippen LogP contribution is -2.26. The van der Waals surface area contributed by atoms with E-state index in [1.807, 2.05) is 0 Å². The number of hydrogen-bond donors (Lipinski definition) is 3. The first-order valence-corrected chi connectivity index (χ1v) is 12.1. The zero-order valence-corrected chi connectivity index (χ0v) is 19.9. The summed E-state index contributed by atoms with van der Waals surface area (Å²) in [7, 11) is -2.56. The molecule has 0 saturated heterocycles. The molecule has 0 radical (unpaired) electrons. The Morgan fingerprint density at radius 2 is 1.89 bits per heavy atom. The number of nitrogens with zero attached hydrogens (tertiary/aromatic N) is 2. The number of hydrogen-bond acceptors (Lipinski definition) is 6. The first-order chi connectivity index (χ1) is 16.5. The quantitative estimate of drug-likeness (QED) is 0.429. The first-order valence-electron chi connectivity index (χ1n) is 10.6. The van der Waals surface area contributed by atoms with Gasteiger partial charge in [-0.1, -0.05) is 0 Å². The van der Waals surface area contributed by atoms with Crippen molar-refractivity contribution in [2.75, 3.05) is 5.32 Å². The van der Waals surface area contributed by atoms with Gasteiger partial charge in [0, 0.05) is 29.9 Å². The minimum absolute atomic E-state index is 0.0591. The van der Waals surface area contributed by atoms with Gasteiger partial charge in [0.2, 0.25) is 15.9 Å². The van der Waals surface area contributed by atoms with Crippen LogP contribution in [0.3, 0.4) is 0 Å². The molecule has 10 nitrogen and oxygen atoms in total. The fourth-order valence-corrected chi connectivity index (χ4v) is 4.88. The molecule has 1 heterocycles. The van der Waals surface area contributed by atoms with Crippen molar-refractivity contribution < 1.29 is 32.2 Å². The number of aromatic nitrogens is 2. The van der Waals surface area contributed by atoms with Crippen molar-refractivity contribution in [2.45, 2.75) is 37.6 Å². The fourth-order valence-electron chi connectivity index (χ4n) is 3.42. The molecule has 0 spiro atoms. The number of amides is 1. The van der Waals surface area contributed by atoms with Crippen molar-refractivity contribution in [1.82, 2.24) is 14.5 Å². The van der Waals surface area contributed by atoms with Crippen LogP contribution in [0, 0.1) is 19.7 Å². The Hall–Kier alpha value is -3.77. The maximum absolute atomic E-state index is 13.6. The summed E-state index contributed by atoms with van der Waals surface area (Å²) in [6.07, 6.45) is 1.41. The van der Waals surface area contributed by atoms with Crippen LogP contribution in [0.2, 0.25) is 0 Å². The topological polar surface area (TPSA) is 140 Å². The molecule has 3 N–H and O–H groups in total. The molecule has 184 valence electrons. The van der Waals surface area contributed by atoms with Crippen molar-refractivity contribution in [3.8, 4) is 11.6 Å². The number of carboxylic acids is 1. The van der Waals surface area contributed by atoms with Gasteiger partial charge in [0.1, 0.15) is 16.5 Å². The standard InChI is InChI=1S/C23H23FN4O6S/c1-12-10-14(4-8-17(12)24)21(29)25-16-7-9-18(19(11-16)35(32,33)27-15-5-6-15)34-22-13(2)20(23(30)31)26-28(22)3/h4,7-11,15,27H,5-6H2,1-3H3,(H,25,29)(H,30,31). The summed E-state index contributed by atoms with van der Waals surface area (Å²) in [5, 5.41) is 15.8. The van der Waals surface area contributed by atoms with Gasteiger partial charge in [0.15, 0.2) is 5.69 Å². The van der Waals surface area contributed by atoms with Crippen LogP contribution >= 0.6 is 0 Å². The van der Waals surface area contributed by atoms with Crippen LogP contribution in [-0.2, 0) is 17.1 Å². The van der Waals surface area contributed by atoms with Crippen molar-refractivity contribution in [3.05, 3.63) is 64.6 Å². The number of sulfonamides is 1. The van der Waals surface area contributed by atoms with Gasteiger partial charge in [0.25, 0.3) is 5.91 Å². The van der Waals surface area contributed by atoms with Gasteiger partial charge >= 0.3 is 5.97 Å². The third kappa shape index (κ3) is 5.17. The summed E-state index contributed by atoms with van der Waals surface area (Å²) in [6, 6.07) is 7.76. The second-order valence-electron chi connectivity index (χ2n) is 8.28. The number of carbonyl (C=O) groups is 2. The smallest absolute Gasteiger partial charge is 0.356 e. The van der Waals surface area contributed by atoms with Gasteiger partial charge < -0.3 is 15.2 Å². The Bertz CT molecular complexity index is 1450. The Morgan fingerprint density at radius 3 is 2.49 bits per heavy atom. The number of nitrogens with one attached hydrogen (secondary N) is 2. The Labute approximate surface area is 200 Å². The van der Waals surface area contributed by atoms with Crippen LogP contribution in [0.5, 0.6) is 11.6 Å². The average Bonchev–Trinajstić information content (AvgIpc) is 3.55. The van der Waals surface area contributed by atoms with Crippen molar-refractivity contribution >= 4 is 27.6 Å². The predicted octanol–water partition coefficient (Wildman–Crippen LogP) is 3.36. The molecule has 0 aliphatic heterocycles. The molecule has 12 heteroatoms. The number of aromatic carboxylic acids is 1. The van der Waals surface area contributed by atoms with Crippen LogP contribution in [0.1, 0.15) is 44.8 Å². The van der Waals surface area contributed by atoms with E-state index in [0.29, 0.717) is 18.4 Å². The maximum Gasteiger partial charge on any atom is 0.356 e. The van der Waals surface area contributed by atoms with E-state index in [4.69, 9.17) is 4.74 Å². The van der Waals surface area contributed by atoms with E-state index >= 15 is 0 Å². The largest absolute Gasteiger partial charge is 0.476 e. The lowest BCUT2D eigenvalue weighted by molar-refractivity contribution is 0.0688. The van der Waals surface area contributed by atoms with Gasteiger partial charge in [-0.2, -0.15) is 5.10 Å². The van der Waals surface area contributed by atoms with Crippen LogP contribution in [0.4, 0.5) is 10.1 Å². The van der Waals surface area contributed by atoms with E-state index < -0.39 is 27.7 Å². The van der Waals surface area contributed by atoms with Gasteiger partial charge in [-0.3, -0.25) is 4.79 Å². The number of anilines is 1. The molecule has 4 rings (SSSR count). The molecule has 1 aliphatic rings. The number of carbonyl (C=O) groups excluding carboxylic acids is 1. The molecule has 1 saturated carbocycles. The molecule has 35 heavy (non-hydrogen) atoms. The number of ether oxygens (including phenoxy) is 1. The molecule has 0 atom stereocenters. The number of rotatable bonds is 8. The maximum atomic E-state index is 13.6. The van der Waals surface area contributed by atoms with Crippen molar-refractivity contribution in [2.24, 2.45) is 7.05 Å². The molecule has 0 bridgehead atoms. The molecule has 0 unspecified atom stereocenters. The summed E-state index contributed by atoms with van der Waals surface area (Å²) < 4.78 is 49.4. The van der Waals surface area contributed by atoms with Gasteiger partial charge in [-0.25, -0.2) is 27.0 Å². The van der Waals surface area contributed by atoms with Crippen LogP contribution in [0.15, 0.2) is 41.3 Å². The normalized spacial score (nSPS) is 13.5. The summed E-state index contributed by atoms with van der Waals surface area (Å²) >= 11 is 0. The highest BCUT2D eigenvalue weighted by Crippen LogP contribution is 2.35. The van der Waals surface area contributed by atoms with Gasteiger partial charge in [0.05, 0.1) is 0 Å². The molecule has 3 aromatic rings. The van der Waals surface area contributed by atoms with E-state index in [0.717, 1.165) is 0 Å². The van der Waals surface area contributed by atoms with Gasteiger partial charge in [-0.05, 0) is 68.7 Å². The Morgan fingerprint density at radius 1 is 1.17 bits per heavy atom. The molecule has 1 aromatic heterocycles. The van der Waals surface area contributed by atoms with E-state index in [-0.39, 0.29) is 45.1 Å². The highest BCUT2D eigenvalue weighted by molar-refractivity contribution is 7.89. The SMILES string of the molecule is Cc1cc(C(=O)Nc2ccc(Oc3c(C)c(C(=O)O)nn3C)c(S(=O)(=O)NC3CC3)c2)ccc1F. The number of benzene rings is 2. The molecule has 1 fully saturated rings. The summed E-state index contributed by atoms with van der Waals surface area (Å²) in [5.41, 5.74) is 0.680. The second kappa shape index (κ2) is 9.12. The molecule has 1 amide bonds. The van der Waals surface area contributed by atoms with Crippen LogP contribution in [-0.4, -0.2) is 41.2 Å². The van der Waals surface area contributed by atoms with E-state index in [2.05, 4.69) is 15.1 Å². The summed E-state index contributed by atoms with van der Waals surface area (Å²) in [5.74, 6) is -2.25. The number of halogens is 1. The third-order valence-electron chi connectivity index (χ3n) is 5.44. The summed E-state index contributed by atoms with van der Waals surface area (Å²) in [4.78, 5) is 23.8. The fraction of sp³-hybridized carbons (Fsp3) is 0.261. The third-order valence-corrected chi connectivity index (χ3v) is 6.98. The number of carboxylic acid groups (broad SMARTS) is 1. The lowest BCUT2D eigenvalue weighted by Gasteiger charge is -2.15. The zero-order chi connectivity index (χ0) is 25.5. The Balaban J connectivity index is 1.70. The average molecular weight is 503 g/mol. The van der Waals surface area contributed by atoms with E-state index in [1.54, 1.807) is 0 Å². The van der Waals surface area contributed by atoms with Crippen molar-refractivity contribution in [1.29, 1.82) is 0 Å². The molecule has 2 aromatic carbocycles. The highest BCUT2D eigenvalue weighted by Gasteiger charge is 2.31. The molecular formula is C23H23FN4O6S. The Kier molecular flexibility index (Phi) is 6.34.